The molecular weight excluding hydrogens is 547 g/mol. The number of likely N-dealkylation sites (tertiary alicyclic amines) is 1. The Morgan fingerprint density at radius 1 is 0.929 bits per heavy atom. The maximum Gasteiger partial charge on any atom is 0.220 e. The third-order valence-corrected chi connectivity index (χ3v) is 7.59. The van der Waals surface area contributed by atoms with Crippen LogP contribution in [0.25, 0.3) is 22.6 Å². The zero-order valence-corrected chi connectivity index (χ0v) is 22.5. The van der Waals surface area contributed by atoms with Crippen LogP contribution in [0.2, 0.25) is 0 Å². The number of β-amino-alcohol motifs (C(OH)–C–C–N with tert-alkyl or cyclic N) is 1. The lowest BCUT2D eigenvalue weighted by molar-refractivity contribution is -0.0284. The second kappa shape index (κ2) is 11.3. The molecule has 0 bridgehead atoms. The summed E-state index contributed by atoms with van der Waals surface area (Å²) in [6.07, 6.45) is 7.77. The molecular formula is C29H28F3N9O. The number of nitrogens with zero attached hydrogens (tertiary/aromatic N) is 8. The van der Waals surface area contributed by atoms with E-state index in [9.17, 15) is 18.3 Å². The molecule has 1 fully saturated rings. The first-order valence-electron chi connectivity index (χ1n) is 13.4. The van der Waals surface area contributed by atoms with E-state index in [0.717, 1.165) is 23.4 Å². The lowest BCUT2D eigenvalue weighted by atomic mass is 9.91. The Hall–Kier alpha value is -4.62. The Labute approximate surface area is 239 Å². The molecule has 42 heavy (non-hydrogen) atoms. The topological polar surface area (TPSA) is 124 Å². The summed E-state index contributed by atoms with van der Waals surface area (Å²) in [5.41, 5.74) is 6.92. The number of halogens is 3. The van der Waals surface area contributed by atoms with E-state index in [1.807, 2.05) is 0 Å². The minimum atomic E-state index is -1.69. The molecule has 0 aliphatic carbocycles. The minimum Gasteiger partial charge on any atom is -0.382 e. The van der Waals surface area contributed by atoms with E-state index in [1.165, 1.54) is 29.1 Å². The summed E-state index contributed by atoms with van der Waals surface area (Å²) in [5, 5.41) is 19.5. The highest BCUT2D eigenvalue weighted by Crippen LogP contribution is 2.36. The van der Waals surface area contributed by atoms with E-state index in [2.05, 4.69) is 34.7 Å². The first-order valence-corrected chi connectivity index (χ1v) is 13.4. The molecule has 6 rings (SSSR count). The maximum atomic E-state index is 14.9. The van der Waals surface area contributed by atoms with E-state index in [0.29, 0.717) is 37.3 Å². The van der Waals surface area contributed by atoms with Crippen LogP contribution in [0, 0.1) is 17.5 Å². The average molecular weight is 576 g/mol. The summed E-state index contributed by atoms with van der Waals surface area (Å²) in [4.78, 5) is 15.2. The normalized spacial score (nSPS) is 16.0. The molecule has 216 valence electrons. The number of anilines is 1. The van der Waals surface area contributed by atoms with Crippen molar-refractivity contribution >= 4 is 5.95 Å². The van der Waals surface area contributed by atoms with Gasteiger partial charge in [-0.3, -0.25) is 4.90 Å². The van der Waals surface area contributed by atoms with E-state index in [4.69, 9.17) is 5.73 Å². The molecule has 4 heterocycles. The van der Waals surface area contributed by atoms with Gasteiger partial charge in [-0.1, -0.05) is 11.3 Å². The van der Waals surface area contributed by atoms with Crippen molar-refractivity contribution in [3.63, 3.8) is 0 Å². The number of benzene rings is 2. The molecule has 0 amide bonds. The van der Waals surface area contributed by atoms with Crippen molar-refractivity contribution in [1.29, 1.82) is 0 Å². The zero-order valence-electron chi connectivity index (χ0n) is 22.5. The lowest BCUT2D eigenvalue weighted by Gasteiger charge is -2.39. The van der Waals surface area contributed by atoms with Crippen LogP contribution in [0.3, 0.4) is 0 Å². The summed E-state index contributed by atoms with van der Waals surface area (Å²) in [5.74, 6) is -1.77. The largest absolute Gasteiger partial charge is 0.382 e. The van der Waals surface area contributed by atoms with E-state index >= 15 is 0 Å². The highest BCUT2D eigenvalue weighted by Gasteiger charge is 2.37. The highest BCUT2D eigenvalue weighted by atomic mass is 19.1. The molecule has 5 aromatic rings. The molecule has 1 aliphatic heterocycles. The van der Waals surface area contributed by atoms with Crippen LogP contribution in [0.1, 0.15) is 24.4 Å². The zero-order chi connectivity index (χ0) is 29.3. The molecule has 10 nitrogen and oxygen atoms in total. The fourth-order valence-corrected chi connectivity index (χ4v) is 5.61. The van der Waals surface area contributed by atoms with Gasteiger partial charge in [0.2, 0.25) is 5.95 Å². The van der Waals surface area contributed by atoms with Crippen LogP contribution < -0.4 is 5.73 Å². The van der Waals surface area contributed by atoms with Gasteiger partial charge in [-0.05, 0) is 49.2 Å². The quantitative estimate of drug-likeness (QED) is 0.286. The van der Waals surface area contributed by atoms with Gasteiger partial charge in [0.15, 0.2) is 0 Å². The number of nitrogens with two attached hydrogens (primary N) is 1. The van der Waals surface area contributed by atoms with Crippen LogP contribution in [-0.4, -0.2) is 64.2 Å². The summed E-state index contributed by atoms with van der Waals surface area (Å²) < 4.78 is 45.7. The predicted octanol–water partition coefficient (Wildman–Crippen LogP) is 3.82. The minimum absolute atomic E-state index is 0.0105. The average Bonchev–Trinajstić information content (AvgIpc) is 3.64. The number of aromatic nitrogens is 7. The predicted molar refractivity (Wildman–Crippen MR) is 148 cm³/mol. The van der Waals surface area contributed by atoms with Gasteiger partial charge in [0.1, 0.15) is 23.1 Å². The van der Waals surface area contributed by atoms with Crippen molar-refractivity contribution in [2.24, 2.45) is 0 Å². The standard InChI is InChI=1S/C29H28F3N9O/c30-20-3-1-19(2-4-20)26-27(25-7-10-34-28(33)37-25)41(18-35-26)22-8-12-39(13-9-22)16-29(42,17-40-14-11-36-38-40)23-6-5-21(31)15-24(23)32/h1-7,10-11,14-15,18,22,42H,8-9,12-13,16-17H2,(H2,33,34,37)/t29-/m1/s1. The second-order valence-corrected chi connectivity index (χ2v) is 10.4. The van der Waals surface area contributed by atoms with Crippen LogP contribution >= 0.6 is 0 Å². The van der Waals surface area contributed by atoms with Crippen LogP contribution in [0.4, 0.5) is 19.1 Å². The molecule has 3 N–H and O–H groups in total. The number of nitrogen functional groups attached to an aromatic ring is 1. The van der Waals surface area contributed by atoms with Gasteiger partial charge in [-0.2, -0.15) is 0 Å². The van der Waals surface area contributed by atoms with Crippen LogP contribution in [0.5, 0.6) is 0 Å². The highest BCUT2D eigenvalue weighted by molar-refractivity contribution is 5.77. The summed E-state index contributed by atoms with van der Waals surface area (Å²) in [6.45, 7) is 1.21. The van der Waals surface area contributed by atoms with Gasteiger partial charge in [-0.15, -0.1) is 5.10 Å². The lowest BCUT2D eigenvalue weighted by Crippen LogP contribution is -2.47. The van der Waals surface area contributed by atoms with Gasteiger partial charge >= 0.3 is 0 Å². The van der Waals surface area contributed by atoms with Gasteiger partial charge < -0.3 is 15.4 Å². The van der Waals surface area contributed by atoms with Gasteiger partial charge in [0, 0.05) is 55.3 Å². The molecule has 2 aromatic carbocycles. The molecule has 3 aromatic heterocycles. The smallest absolute Gasteiger partial charge is 0.220 e. The van der Waals surface area contributed by atoms with E-state index in [-0.39, 0.29) is 36.5 Å². The Morgan fingerprint density at radius 2 is 1.69 bits per heavy atom. The van der Waals surface area contributed by atoms with Crippen molar-refractivity contribution in [2.75, 3.05) is 25.4 Å². The molecule has 13 heteroatoms. The maximum absolute atomic E-state index is 14.9. The van der Waals surface area contributed by atoms with E-state index in [1.54, 1.807) is 36.9 Å². The SMILES string of the molecule is Nc1nccc(-c2c(-c3ccc(F)cc3)ncn2C2CCN(C[C@@](O)(Cn3ccnn3)c3ccc(F)cc3F)CC2)n1. The van der Waals surface area contributed by atoms with Gasteiger partial charge in [-0.25, -0.2) is 32.8 Å². The number of hydrogen-bond donors (Lipinski definition) is 2. The summed E-state index contributed by atoms with van der Waals surface area (Å²) in [6, 6.07) is 11.1. The fraction of sp³-hybridized carbons (Fsp3) is 0.276. The molecule has 1 atom stereocenters. The summed E-state index contributed by atoms with van der Waals surface area (Å²) >= 11 is 0. The fourth-order valence-electron chi connectivity index (χ4n) is 5.61. The molecule has 0 radical (unpaired) electrons. The number of imidazole rings is 1. The summed E-state index contributed by atoms with van der Waals surface area (Å²) in [7, 11) is 0. The van der Waals surface area contributed by atoms with Crippen LogP contribution in [0.15, 0.2) is 73.4 Å². The third kappa shape index (κ3) is 5.60. The number of rotatable bonds is 8. The number of aliphatic hydroxyl groups is 1. The van der Waals surface area contributed by atoms with Crippen molar-refractivity contribution in [3.05, 3.63) is 96.5 Å². The van der Waals surface area contributed by atoms with Crippen molar-refractivity contribution < 1.29 is 18.3 Å². The molecule has 0 saturated carbocycles. The number of piperidine rings is 1. The molecule has 0 unspecified atom stereocenters. The Bertz CT molecular complexity index is 1670. The first kappa shape index (κ1) is 27.5. The number of hydrogen-bond acceptors (Lipinski definition) is 8. The third-order valence-electron chi connectivity index (χ3n) is 7.59. The van der Waals surface area contributed by atoms with Gasteiger partial charge in [0.25, 0.3) is 0 Å². The van der Waals surface area contributed by atoms with Crippen molar-refractivity contribution in [1.82, 2.24) is 39.4 Å². The second-order valence-electron chi connectivity index (χ2n) is 10.4. The molecule has 0 spiro atoms. The molecule has 1 saturated heterocycles. The molecule has 1 aliphatic rings. The Morgan fingerprint density at radius 3 is 2.38 bits per heavy atom. The van der Waals surface area contributed by atoms with Crippen molar-refractivity contribution in [2.45, 2.75) is 31.0 Å². The Kier molecular flexibility index (Phi) is 7.43. The Balaban J connectivity index is 1.26. The van der Waals surface area contributed by atoms with Crippen molar-refractivity contribution in [3.8, 4) is 22.6 Å². The first-order chi connectivity index (χ1) is 20.3. The van der Waals surface area contributed by atoms with Gasteiger partial charge in [0.05, 0.1) is 36.2 Å². The van der Waals surface area contributed by atoms with E-state index < -0.39 is 17.2 Å². The monoisotopic (exact) mass is 575 g/mol. The van der Waals surface area contributed by atoms with Crippen LogP contribution in [-0.2, 0) is 12.1 Å².